The molecule has 88 valence electrons. The number of hydrogen-bond acceptors (Lipinski definition) is 2. The van der Waals surface area contributed by atoms with Crippen LogP contribution in [0.25, 0.3) is 0 Å². The van der Waals surface area contributed by atoms with Gasteiger partial charge in [-0.25, -0.2) is 5.06 Å². The molecule has 0 aliphatic rings. The minimum Gasteiger partial charge on any atom is -0.275 e. The molecule has 1 rings (SSSR count). The fourth-order valence-electron chi connectivity index (χ4n) is 1.51. The molecule has 0 aromatic heterocycles. The molecule has 1 unspecified atom stereocenters. The first kappa shape index (κ1) is 12.7. The van der Waals surface area contributed by atoms with Gasteiger partial charge in [-0.05, 0) is 18.4 Å². The van der Waals surface area contributed by atoms with Crippen LogP contribution in [0.2, 0.25) is 0 Å². The third kappa shape index (κ3) is 3.35. The van der Waals surface area contributed by atoms with Crippen molar-refractivity contribution in [2.45, 2.75) is 26.2 Å². The third-order valence-electron chi connectivity index (χ3n) is 2.75. The monoisotopic (exact) mass is 221 g/mol. The average Bonchev–Trinajstić information content (AvgIpc) is 2.28. The lowest BCUT2D eigenvalue weighted by molar-refractivity contribution is -0.169. The maximum absolute atomic E-state index is 11.6. The molecule has 1 amide bonds. The van der Waals surface area contributed by atoms with E-state index in [2.05, 4.69) is 31.2 Å². The Labute approximate surface area is 97.0 Å². The van der Waals surface area contributed by atoms with Gasteiger partial charge in [-0.15, -0.1) is 0 Å². The molecular formula is C13H19NO2. The zero-order valence-corrected chi connectivity index (χ0v) is 10.4. The molecular weight excluding hydrogens is 202 g/mol. The lowest BCUT2D eigenvalue weighted by Crippen LogP contribution is -2.26. The SMILES string of the molecule is CON(C)C(=O)CC(C)c1ccc(C)cc1. The minimum atomic E-state index is -0.00410. The Morgan fingerprint density at radius 3 is 2.44 bits per heavy atom. The van der Waals surface area contributed by atoms with Crippen LogP contribution in [0.3, 0.4) is 0 Å². The third-order valence-corrected chi connectivity index (χ3v) is 2.75. The van der Waals surface area contributed by atoms with E-state index in [0.717, 1.165) is 0 Å². The molecule has 0 radical (unpaired) electrons. The first-order valence-corrected chi connectivity index (χ1v) is 5.41. The zero-order chi connectivity index (χ0) is 12.1. The van der Waals surface area contributed by atoms with Crippen LogP contribution in [0.15, 0.2) is 24.3 Å². The van der Waals surface area contributed by atoms with Crippen molar-refractivity contribution in [2.24, 2.45) is 0 Å². The maximum atomic E-state index is 11.6. The summed E-state index contributed by atoms with van der Waals surface area (Å²) in [6.45, 7) is 4.10. The van der Waals surface area contributed by atoms with Crippen molar-refractivity contribution in [3.8, 4) is 0 Å². The van der Waals surface area contributed by atoms with Crippen molar-refractivity contribution in [3.05, 3.63) is 35.4 Å². The second-order valence-corrected chi connectivity index (χ2v) is 4.09. The van der Waals surface area contributed by atoms with Crippen molar-refractivity contribution in [3.63, 3.8) is 0 Å². The van der Waals surface area contributed by atoms with Crippen molar-refractivity contribution < 1.29 is 9.63 Å². The van der Waals surface area contributed by atoms with Crippen LogP contribution in [0.5, 0.6) is 0 Å². The quantitative estimate of drug-likeness (QED) is 0.731. The second kappa shape index (κ2) is 5.66. The number of nitrogens with zero attached hydrogens (tertiary/aromatic N) is 1. The maximum Gasteiger partial charge on any atom is 0.246 e. The van der Waals surface area contributed by atoms with Crippen LogP contribution in [-0.2, 0) is 9.63 Å². The van der Waals surface area contributed by atoms with Gasteiger partial charge in [-0.3, -0.25) is 9.63 Å². The molecule has 1 aromatic rings. The number of rotatable bonds is 4. The zero-order valence-electron chi connectivity index (χ0n) is 10.4. The summed E-state index contributed by atoms with van der Waals surface area (Å²) in [6.07, 6.45) is 0.466. The van der Waals surface area contributed by atoms with Crippen molar-refractivity contribution in [1.29, 1.82) is 0 Å². The highest BCUT2D eigenvalue weighted by Gasteiger charge is 2.14. The molecule has 0 heterocycles. The Balaban J connectivity index is 2.62. The Morgan fingerprint density at radius 1 is 1.38 bits per heavy atom. The fraction of sp³-hybridized carbons (Fsp3) is 0.462. The van der Waals surface area contributed by atoms with Gasteiger partial charge >= 0.3 is 0 Å². The number of aryl methyl sites for hydroxylation is 1. The molecule has 1 aromatic carbocycles. The summed E-state index contributed by atoms with van der Waals surface area (Å²) >= 11 is 0. The molecule has 3 heteroatoms. The molecule has 0 spiro atoms. The average molecular weight is 221 g/mol. The number of amides is 1. The van der Waals surface area contributed by atoms with Gasteiger partial charge in [-0.1, -0.05) is 36.8 Å². The van der Waals surface area contributed by atoms with Crippen molar-refractivity contribution in [2.75, 3.05) is 14.2 Å². The van der Waals surface area contributed by atoms with Crippen molar-refractivity contribution >= 4 is 5.91 Å². The summed E-state index contributed by atoms with van der Waals surface area (Å²) in [5, 5.41) is 1.27. The van der Waals surface area contributed by atoms with E-state index in [1.54, 1.807) is 7.05 Å². The molecule has 16 heavy (non-hydrogen) atoms. The van der Waals surface area contributed by atoms with Crippen LogP contribution in [0.1, 0.15) is 30.4 Å². The standard InChI is InChI=1S/C13H19NO2/c1-10-5-7-12(8-6-10)11(2)9-13(15)14(3)16-4/h5-8,11H,9H2,1-4H3. The van der Waals surface area contributed by atoms with E-state index in [4.69, 9.17) is 4.84 Å². The van der Waals surface area contributed by atoms with Crippen LogP contribution < -0.4 is 0 Å². The Kier molecular flexibility index (Phi) is 4.50. The van der Waals surface area contributed by atoms with Crippen LogP contribution in [0.4, 0.5) is 0 Å². The first-order valence-electron chi connectivity index (χ1n) is 5.41. The molecule has 0 bridgehead atoms. The van der Waals surface area contributed by atoms with E-state index in [9.17, 15) is 4.79 Å². The van der Waals surface area contributed by atoms with Crippen LogP contribution in [0, 0.1) is 6.92 Å². The number of carbonyl (C=O) groups excluding carboxylic acids is 1. The normalized spacial score (nSPS) is 12.2. The van der Waals surface area contributed by atoms with Crippen molar-refractivity contribution in [1.82, 2.24) is 5.06 Å². The van der Waals surface area contributed by atoms with E-state index in [-0.39, 0.29) is 11.8 Å². The minimum absolute atomic E-state index is 0.00410. The predicted octanol–water partition coefficient (Wildman–Crippen LogP) is 2.51. The van der Waals surface area contributed by atoms with E-state index >= 15 is 0 Å². The smallest absolute Gasteiger partial charge is 0.246 e. The summed E-state index contributed by atoms with van der Waals surface area (Å²) in [7, 11) is 3.12. The van der Waals surface area contributed by atoms with Gasteiger partial charge < -0.3 is 0 Å². The van der Waals surface area contributed by atoms with Crippen LogP contribution >= 0.6 is 0 Å². The topological polar surface area (TPSA) is 29.5 Å². The summed E-state index contributed by atoms with van der Waals surface area (Å²) in [4.78, 5) is 16.5. The van der Waals surface area contributed by atoms with Crippen LogP contribution in [-0.4, -0.2) is 25.1 Å². The number of carbonyl (C=O) groups is 1. The van der Waals surface area contributed by atoms with Gasteiger partial charge in [0.1, 0.15) is 0 Å². The van der Waals surface area contributed by atoms with Gasteiger partial charge in [0.15, 0.2) is 0 Å². The predicted molar refractivity (Wildman–Crippen MR) is 64.0 cm³/mol. The Bertz CT molecular complexity index is 345. The van der Waals surface area contributed by atoms with E-state index < -0.39 is 0 Å². The second-order valence-electron chi connectivity index (χ2n) is 4.09. The van der Waals surface area contributed by atoms with Gasteiger partial charge in [0.2, 0.25) is 5.91 Å². The van der Waals surface area contributed by atoms with E-state index in [1.807, 2.05) is 6.92 Å². The van der Waals surface area contributed by atoms with E-state index in [0.29, 0.717) is 6.42 Å². The van der Waals surface area contributed by atoms with Gasteiger partial charge in [0.05, 0.1) is 7.11 Å². The molecule has 0 fully saturated rings. The molecule has 0 aliphatic carbocycles. The first-order chi connectivity index (χ1) is 7.54. The summed E-state index contributed by atoms with van der Waals surface area (Å²) in [5.74, 6) is 0.210. The highest BCUT2D eigenvalue weighted by Crippen LogP contribution is 2.20. The van der Waals surface area contributed by atoms with Gasteiger partial charge in [0, 0.05) is 13.5 Å². The summed E-state index contributed by atoms with van der Waals surface area (Å²) in [5.41, 5.74) is 2.42. The largest absolute Gasteiger partial charge is 0.275 e. The fourth-order valence-corrected chi connectivity index (χ4v) is 1.51. The molecule has 1 atom stereocenters. The highest BCUT2D eigenvalue weighted by molar-refractivity contribution is 5.75. The number of hydroxylamine groups is 2. The number of benzene rings is 1. The summed E-state index contributed by atoms with van der Waals surface area (Å²) in [6, 6.07) is 8.27. The highest BCUT2D eigenvalue weighted by atomic mass is 16.7. The summed E-state index contributed by atoms with van der Waals surface area (Å²) < 4.78 is 0. The Morgan fingerprint density at radius 2 is 1.94 bits per heavy atom. The van der Waals surface area contributed by atoms with Gasteiger partial charge in [0.25, 0.3) is 0 Å². The van der Waals surface area contributed by atoms with Gasteiger partial charge in [-0.2, -0.15) is 0 Å². The lowest BCUT2D eigenvalue weighted by atomic mass is 9.96. The molecule has 3 nitrogen and oxygen atoms in total. The number of hydrogen-bond donors (Lipinski definition) is 0. The van der Waals surface area contributed by atoms with E-state index in [1.165, 1.54) is 23.3 Å². The molecule has 0 saturated carbocycles. The Hall–Kier alpha value is -1.35. The molecule has 0 N–H and O–H groups in total. The lowest BCUT2D eigenvalue weighted by Gasteiger charge is -2.17. The molecule has 0 saturated heterocycles. The molecule has 0 aliphatic heterocycles.